The molecule has 1 amide bonds. The van der Waals surface area contributed by atoms with Crippen LogP contribution in [0.1, 0.15) is 42.3 Å². The quantitative estimate of drug-likeness (QED) is 0.523. The summed E-state index contributed by atoms with van der Waals surface area (Å²) in [5, 5.41) is 19.5. The predicted molar refractivity (Wildman–Crippen MR) is 103 cm³/mol. The van der Waals surface area contributed by atoms with Gasteiger partial charge >= 0.3 is 0 Å². The third-order valence-electron chi connectivity index (χ3n) is 4.70. The molecular weight excluding hydrogens is 360 g/mol. The second-order valence-corrected chi connectivity index (χ2v) is 6.84. The zero-order chi connectivity index (χ0) is 20.0. The van der Waals surface area contributed by atoms with Gasteiger partial charge in [0, 0.05) is 18.3 Å². The minimum Gasteiger partial charge on any atom is -0.508 e. The van der Waals surface area contributed by atoms with Gasteiger partial charge in [-0.1, -0.05) is 6.92 Å². The van der Waals surface area contributed by atoms with Crippen molar-refractivity contribution in [2.45, 2.75) is 33.2 Å². The molecule has 1 aliphatic heterocycles. The molecule has 146 valence electrons. The first-order valence-electron chi connectivity index (χ1n) is 9.08. The van der Waals surface area contributed by atoms with Gasteiger partial charge in [-0.2, -0.15) is 5.10 Å². The Morgan fingerprint density at radius 3 is 2.93 bits per heavy atom. The number of nitrogens with zero attached hydrogens (tertiary/aromatic N) is 5. The highest BCUT2D eigenvalue weighted by atomic mass is 16.3. The van der Waals surface area contributed by atoms with Gasteiger partial charge in [-0.25, -0.2) is 10.4 Å². The Bertz CT molecular complexity index is 1100. The largest absolute Gasteiger partial charge is 0.508 e. The average molecular weight is 382 g/mol. The Morgan fingerprint density at radius 1 is 1.43 bits per heavy atom. The molecule has 10 heteroatoms. The summed E-state index contributed by atoms with van der Waals surface area (Å²) in [4.78, 5) is 20.7. The first kappa shape index (κ1) is 18.0. The smallest absolute Gasteiger partial charge is 0.265 e. The Kier molecular flexibility index (Phi) is 4.27. The van der Waals surface area contributed by atoms with Gasteiger partial charge in [0.25, 0.3) is 5.91 Å². The van der Waals surface area contributed by atoms with Crippen LogP contribution in [-0.4, -0.2) is 53.2 Å². The van der Waals surface area contributed by atoms with Crippen molar-refractivity contribution in [1.82, 2.24) is 35.0 Å². The first-order valence-corrected chi connectivity index (χ1v) is 9.08. The van der Waals surface area contributed by atoms with E-state index in [4.69, 9.17) is 5.73 Å². The Hall–Kier alpha value is -3.40. The number of primary amides is 1. The molecule has 0 fully saturated rings. The third-order valence-corrected chi connectivity index (χ3v) is 4.70. The van der Waals surface area contributed by atoms with Gasteiger partial charge in [-0.15, -0.1) is 0 Å². The zero-order valence-electron chi connectivity index (χ0n) is 15.9. The number of rotatable bonds is 5. The van der Waals surface area contributed by atoms with Crippen molar-refractivity contribution in [3.8, 4) is 11.4 Å². The van der Waals surface area contributed by atoms with E-state index in [2.05, 4.69) is 32.5 Å². The van der Waals surface area contributed by atoms with Crippen molar-refractivity contribution in [2.75, 3.05) is 6.54 Å². The highest BCUT2D eigenvalue weighted by Gasteiger charge is 2.31. The van der Waals surface area contributed by atoms with Crippen LogP contribution in [0, 0.1) is 6.92 Å². The molecule has 0 saturated heterocycles. The van der Waals surface area contributed by atoms with E-state index in [1.807, 2.05) is 18.9 Å². The fraction of sp³-hybridized carbons (Fsp3) is 0.333. The number of hydrogen-bond donors (Lipinski definition) is 4. The van der Waals surface area contributed by atoms with Crippen LogP contribution in [0.2, 0.25) is 0 Å². The molecule has 3 aromatic rings. The SMILES string of the molecule is CCCN1NC(C)C(O)=C1c1nc(-c2cc(C(N)=O)n3cc(C)ncc23)n[nH]1. The van der Waals surface area contributed by atoms with Crippen LogP contribution in [0.25, 0.3) is 22.6 Å². The van der Waals surface area contributed by atoms with Crippen LogP contribution in [0.4, 0.5) is 0 Å². The number of H-pyrrole nitrogens is 1. The monoisotopic (exact) mass is 382 g/mol. The lowest BCUT2D eigenvalue weighted by molar-refractivity contribution is 0.0995. The van der Waals surface area contributed by atoms with E-state index in [-0.39, 0.29) is 11.8 Å². The third kappa shape index (κ3) is 2.78. The van der Waals surface area contributed by atoms with Crippen LogP contribution >= 0.6 is 0 Å². The number of fused-ring (bicyclic) bond motifs is 1. The van der Waals surface area contributed by atoms with Crippen LogP contribution in [0.15, 0.2) is 24.2 Å². The Balaban J connectivity index is 1.81. The lowest BCUT2D eigenvalue weighted by Crippen LogP contribution is -2.36. The maximum atomic E-state index is 11.9. The number of carbonyl (C=O) groups is 1. The molecule has 4 heterocycles. The number of hydrazine groups is 1. The molecule has 0 aromatic carbocycles. The van der Waals surface area contributed by atoms with Gasteiger partial charge in [0.2, 0.25) is 0 Å². The molecule has 0 spiro atoms. The van der Waals surface area contributed by atoms with E-state index in [1.165, 1.54) is 0 Å². The van der Waals surface area contributed by atoms with E-state index in [9.17, 15) is 9.90 Å². The van der Waals surface area contributed by atoms with Gasteiger partial charge < -0.3 is 20.2 Å². The zero-order valence-corrected chi connectivity index (χ0v) is 15.9. The van der Waals surface area contributed by atoms with Gasteiger partial charge in [-0.3, -0.25) is 14.9 Å². The second kappa shape index (κ2) is 6.64. The summed E-state index contributed by atoms with van der Waals surface area (Å²) in [7, 11) is 0. The molecule has 5 N–H and O–H groups in total. The predicted octanol–water partition coefficient (Wildman–Crippen LogP) is 1.37. The second-order valence-electron chi connectivity index (χ2n) is 6.84. The standard InChI is InChI=1S/C18H22N8O2/c1-4-5-26-14(15(27)10(3)24-26)18-21-17(22-23-18)11-6-12(16(19)28)25-8-9(2)20-7-13(11)25/h6-8,10,24,27H,4-5H2,1-3H3,(H2,19,28)(H,21,22,23). The average Bonchev–Trinajstić information content (AvgIpc) is 3.32. The van der Waals surface area contributed by atoms with Crippen molar-refractivity contribution in [1.29, 1.82) is 0 Å². The maximum Gasteiger partial charge on any atom is 0.265 e. The summed E-state index contributed by atoms with van der Waals surface area (Å²) in [6, 6.07) is 1.44. The molecule has 0 aliphatic carbocycles. The van der Waals surface area contributed by atoms with Crippen LogP contribution in [0.5, 0.6) is 0 Å². The minimum absolute atomic E-state index is 0.202. The number of aliphatic hydroxyl groups excluding tert-OH is 1. The maximum absolute atomic E-state index is 11.9. The highest BCUT2D eigenvalue weighted by Crippen LogP contribution is 2.29. The van der Waals surface area contributed by atoms with Crippen molar-refractivity contribution >= 4 is 17.1 Å². The Morgan fingerprint density at radius 2 is 2.21 bits per heavy atom. The van der Waals surface area contributed by atoms with Gasteiger partial charge in [0.05, 0.1) is 23.4 Å². The lowest BCUT2D eigenvalue weighted by Gasteiger charge is -2.20. The number of aromatic nitrogens is 5. The van der Waals surface area contributed by atoms with Gasteiger partial charge in [0.1, 0.15) is 17.2 Å². The fourth-order valence-corrected chi connectivity index (χ4v) is 3.40. The summed E-state index contributed by atoms with van der Waals surface area (Å²) in [5.41, 5.74) is 11.7. The molecule has 10 nitrogen and oxygen atoms in total. The van der Waals surface area contributed by atoms with Crippen LogP contribution in [0.3, 0.4) is 0 Å². The number of nitrogens with two attached hydrogens (primary N) is 1. The lowest BCUT2D eigenvalue weighted by atomic mass is 10.2. The van der Waals surface area contributed by atoms with E-state index in [1.54, 1.807) is 22.9 Å². The van der Waals surface area contributed by atoms with Crippen LogP contribution in [-0.2, 0) is 0 Å². The molecule has 28 heavy (non-hydrogen) atoms. The molecular formula is C18H22N8O2. The number of aliphatic hydroxyl groups is 1. The molecule has 1 atom stereocenters. The van der Waals surface area contributed by atoms with E-state index in [0.29, 0.717) is 40.7 Å². The first-order chi connectivity index (χ1) is 13.4. The molecule has 3 aromatic heterocycles. The summed E-state index contributed by atoms with van der Waals surface area (Å²) in [5.74, 6) is 0.485. The normalized spacial score (nSPS) is 17.1. The van der Waals surface area contributed by atoms with Crippen molar-refractivity contribution < 1.29 is 9.90 Å². The number of aryl methyl sites for hydroxylation is 1. The van der Waals surface area contributed by atoms with Gasteiger partial charge in [0.15, 0.2) is 11.6 Å². The number of aromatic amines is 1. The van der Waals surface area contributed by atoms with E-state index < -0.39 is 5.91 Å². The number of hydrogen-bond acceptors (Lipinski definition) is 7. The molecule has 0 bridgehead atoms. The van der Waals surface area contributed by atoms with E-state index in [0.717, 1.165) is 12.1 Å². The van der Waals surface area contributed by atoms with Crippen LogP contribution < -0.4 is 11.2 Å². The number of nitrogens with one attached hydrogen (secondary N) is 2. The van der Waals surface area contributed by atoms with Crippen molar-refractivity contribution in [3.63, 3.8) is 0 Å². The molecule has 0 saturated carbocycles. The summed E-state index contributed by atoms with van der Waals surface area (Å²) >= 11 is 0. The van der Waals surface area contributed by atoms with E-state index >= 15 is 0 Å². The summed E-state index contributed by atoms with van der Waals surface area (Å²) in [6.45, 7) is 6.47. The minimum atomic E-state index is -0.550. The molecule has 0 radical (unpaired) electrons. The van der Waals surface area contributed by atoms with Crippen molar-refractivity contribution in [2.24, 2.45) is 5.73 Å². The highest BCUT2D eigenvalue weighted by molar-refractivity contribution is 5.96. The summed E-state index contributed by atoms with van der Waals surface area (Å²) < 4.78 is 1.69. The van der Waals surface area contributed by atoms with Gasteiger partial charge in [-0.05, 0) is 26.3 Å². The van der Waals surface area contributed by atoms with Crippen molar-refractivity contribution in [3.05, 3.63) is 41.4 Å². The number of amides is 1. The topological polar surface area (TPSA) is 137 Å². The number of carbonyl (C=O) groups excluding carboxylic acids is 1. The molecule has 1 unspecified atom stereocenters. The Labute approximate surface area is 161 Å². The summed E-state index contributed by atoms with van der Waals surface area (Å²) in [6.07, 6.45) is 4.30. The molecule has 4 rings (SSSR count). The fourth-order valence-electron chi connectivity index (χ4n) is 3.40. The molecule has 1 aliphatic rings.